The molecular weight excluding hydrogens is 406 g/mol. The molecule has 0 saturated carbocycles. The van der Waals surface area contributed by atoms with Crippen LogP contribution in [0.5, 0.6) is 0 Å². The fraction of sp³-hybridized carbons (Fsp3) is 0.172. The normalized spacial score (nSPS) is 18.3. The SMILES string of the molecule is OC1CCN(C(c2ccccc2)(c2ccccc2)c2ccccc2)C/C1=C\c1cnccn1. The lowest BCUT2D eigenvalue weighted by molar-refractivity contribution is 0.0872. The second-order valence-electron chi connectivity index (χ2n) is 8.38. The van der Waals surface area contributed by atoms with E-state index in [4.69, 9.17) is 0 Å². The number of hydrogen-bond acceptors (Lipinski definition) is 4. The largest absolute Gasteiger partial charge is 0.389 e. The molecule has 3 aromatic carbocycles. The van der Waals surface area contributed by atoms with Crippen LogP contribution < -0.4 is 0 Å². The topological polar surface area (TPSA) is 49.2 Å². The van der Waals surface area contributed by atoms with Crippen molar-refractivity contribution in [2.24, 2.45) is 0 Å². The van der Waals surface area contributed by atoms with Crippen molar-refractivity contribution in [1.29, 1.82) is 0 Å². The van der Waals surface area contributed by atoms with Crippen LogP contribution in [0.1, 0.15) is 28.8 Å². The van der Waals surface area contributed by atoms with Crippen molar-refractivity contribution in [1.82, 2.24) is 14.9 Å². The Morgan fingerprint density at radius 3 is 1.82 bits per heavy atom. The number of nitrogens with zero attached hydrogens (tertiary/aromatic N) is 3. The zero-order chi connectivity index (χ0) is 22.5. The molecule has 164 valence electrons. The molecular formula is C29H27N3O. The van der Waals surface area contributed by atoms with Crippen LogP contribution in [-0.4, -0.2) is 39.2 Å². The van der Waals surface area contributed by atoms with E-state index in [0.717, 1.165) is 17.8 Å². The molecule has 4 aromatic rings. The van der Waals surface area contributed by atoms with E-state index in [2.05, 4.69) is 106 Å². The molecule has 4 nitrogen and oxygen atoms in total. The van der Waals surface area contributed by atoms with Crippen LogP contribution in [-0.2, 0) is 5.54 Å². The Morgan fingerprint density at radius 2 is 1.33 bits per heavy atom. The molecule has 0 aliphatic carbocycles. The Bertz CT molecular complexity index is 1100. The third-order valence-electron chi connectivity index (χ3n) is 6.44. The summed E-state index contributed by atoms with van der Waals surface area (Å²) in [6.07, 6.45) is 7.22. The van der Waals surface area contributed by atoms with Gasteiger partial charge in [-0.05, 0) is 34.8 Å². The molecule has 5 rings (SSSR count). The van der Waals surface area contributed by atoms with Gasteiger partial charge in [0.15, 0.2) is 0 Å². The van der Waals surface area contributed by atoms with Gasteiger partial charge in [0.25, 0.3) is 0 Å². The Balaban J connectivity index is 1.70. The van der Waals surface area contributed by atoms with Gasteiger partial charge >= 0.3 is 0 Å². The number of aromatic nitrogens is 2. The fourth-order valence-electron chi connectivity index (χ4n) is 4.96. The lowest BCUT2D eigenvalue weighted by atomic mass is 9.74. The third kappa shape index (κ3) is 4.11. The van der Waals surface area contributed by atoms with Crippen molar-refractivity contribution < 1.29 is 5.11 Å². The van der Waals surface area contributed by atoms with Gasteiger partial charge in [-0.3, -0.25) is 14.9 Å². The second-order valence-corrected chi connectivity index (χ2v) is 8.38. The van der Waals surface area contributed by atoms with Gasteiger partial charge in [-0.1, -0.05) is 91.0 Å². The van der Waals surface area contributed by atoms with Crippen LogP contribution >= 0.6 is 0 Å². The van der Waals surface area contributed by atoms with Gasteiger partial charge in [-0.25, -0.2) is 0 Å². The van der Waals surface area contributed by atoms with Crippen LogP contribution in [0.4, 0.5) is 0 Å². The number of piperidine rings is 1. The molecule has 0 bridgehead atoms. The lowest BCUT2D eigenvalue weighted by Gasteiger charge is -2.48. The maximum Gasteiger partial charge on any atom is 0.0975 e. The van der Waals surface area contributed by atoms with Crippen LogP contribution in [0.15, 0.2) is 115 Å². The highest BCUT2D eigenvalue weighted by Crippen LogP contribution is 2.44. The van der Waals surface area contributed by atoms with Crippen molar-refractivity contribution in [2.45, 2.75) is 18.1 Å². The highest BCUT2D eigenvalue weighted by molar-refractivity contribution is 5.53. The first-order chi connectivity index (χ1) is 16.3. The summed E-state index contributed by atoms with van der Waals surface area (Å²) in [5.41, 5.74) is 4.84. The summed E-state index contributed by atoms with van der Waals surface area (Å²) in [6, 6.07) is 32.0. The van der Waals surface area contributed by atoms with Gasteiger partial charge in [0.1, 0.15) is 0 Å². The molecule has 0 spiro atoms. The monoisotopic (exact) mass is 433 g/mol. The average molecular weight is 434 g/mol. The molecule has 2 heterocycles. The molecule has 1 saturated heterocycles. The quantitative estimate of drug-likeness (QED) is 0.454. The first kappa shape index (κ1) is 21.3. The van der Waals surface area contributed by atoms with Gasteiger partial charge in [-0.15, -0.1) is 0 Å². The lowest BCUT2D eigenvalue weighted by Crippen LogP contribution is -2.52. The van der Waals surface area contributed by atoms with E-state index in [1.54, 1.807) is 18.6 Å². The highest BCUT2D eigenvalue weighted by Gasteiger charge is 2.44. The van der Waals surface area contributed by atoms with E-state index in [9.17, 15) is 5.11 Å². The number of benzene rings is 3. The molecule has 0 amide bonds. The first-order valence-corrected chi connectivity index (χ1v) is 11.3. The van der Waals surface area contributed by atoms with Crippen LogP contribution in [0.2, 0.25) is 0 Å². The zero-order valence-corrected chi connectivity index (χ0v) is 18.5. The summed E-state index contributed by atoms with van der Waals surface area (Å²) in [5, 5.41) is 10.9. The maximum atomic E-state index is 10.9. The first-order valence-electron chi connectivity index (χ1n) is 11.3. The van der Waals surface area contributed by atoms with Gasteiger partial charge < -0.3 is 5.11 Å². The van der Waals surface area contributed by atoms with Crippen molar-refractivity contribution in [3.63, 3.8) is 0 Å². The summed E-state index contributed by atoms with van der Waals surface area (Å²) in [6.45, 7) is 1.38. The summed E-state index contributed by atoms with van der Waals surface area (Å²) in [5.74, 6) is 0. The van der Waals surface area contributed by atoms with E-state index in [1.165, 1.54) is 16.7 Å². The van der Waals surface area contributed by atoms with Gasteiger partial charge in [-0.2, -0.15) is 0 Å². The smallest absolute Gasteiger partial charge is 0.0975 e. The Kier molecular flexibility index (Phi) is 6.11. The summed E-state index contributed by atoms with van der Waals surface area (Å²) in [7, 11) is 0. The number of hydrogen-bond donors (Lipinski definition) is 1. The Labute approximate surface area is 194 Å². The molecule has 4 heteroatoms. The summed E-state index contributed by atoms with van der Waals surface area (Å²) >= 11 is 0. The molecule has 1 aliphatic rings. The van der Waals surface area contributed by atoms with Crippen molar-refractivity contribution in [3.05, 3.63) is 138 Å². The number of rotatable bonds is 5. The zero-order valence-electron chi connectivity index (χ0n) is 18.5. The molecule has 1 unspecified atom stereocenters. The summed E-state index contributed by atoms with van der Waals surface area (Å²) in [4.78, 5) is 11.1. The minimum absolute atomic E-state index is 0.495. The van der Waals surface area contributed by atoms with E-state index >= 15 is 0 Å². The van der Waals surface area contributed by atoms with Crippen LogP contribution in [0, 0.1) is 0 Å². The number of aliphatic hydroxyl groups excluding tert-OH is 1. The predicted molar refractivity (Wildman–Crippen MR) is 131 cm³/mol. The molecule has 1 N–H and O–H groups in total. The Hall–Kier alpha value is -3.60. The number of aliphatic hydroxyl groups is 1. The third-order valence-corrected chi connectivity index (χ3v) is 6.44. The van der Waals surface area contributed by atoms with E-state index in [1.807, 2.05) is 6.08 Å². The second kappa shape index (κ2) is 9.49. The van der Waals surface area contributed by atoms with Crippen molar-refractivity contribution >= 4 is 6.08 Å². The van der Waals surface area contributed by atoms with E-state index in [-0.39, 0.29) is 0 Å². The summed E-state index contributed by atoms with van der Waals surface area (Å²) < 4.78 is 0. The number of likely N-dealkylation sites (tertiary alicyclic amines) is 1. The van der Waals surface area contributed by atoms with Gasteiger partial charge in [0.2, 0.25) is 0 Å². The Morgan fingerprint density at radius 1 is 0.788 bits per heavy atom. The minimum Gasteiger partial charge on any atom is -0.389 e. The molecule has 0 radical (unpaired) electrons. The molecule has 33 heavy (non-hydrogen) atoms. The minimum atomic E-state index is -0.497. The average Bonchev–Trinajstić information content (AvgIpc) is 2.89. The fourth-order valence-corrected chi connectivity index (χ4v) is 4.96. The highest BCUT2D eigenvalue weighted by atomic mass is 16.3. The van der Waals surface area contributed by atoms with Gasteiger partial charge in [0.05, 0.1) is 23.5 Å². The van der Waals surface area contributed by atoms with E-state index in [0.29, 0.717) is 13.0 Å². The molecule has 1 atom stereocenters. The van der Waals surface area contributed by atoms with Crippen molar-refractivity contribution in [2.75, 3.05) is 13.1 Å². The maximum absolute atomic E-state index is 10.9. The predicted octanol–water partition coefficient (Wildman–Crippen LogP) is 4.92. The molecule has 1 aromatic heterocycles. The van der Waals surface area contributed by atoms with Crippen LogP contribution in [0.25, 0.3) is 6.08 Å². The molecule has 1 aliphatic heterocycles. The van der Waals surface area contributed by atoms with Crippen molar-refractivity contribution in [3.8, 4) is 0 Å². The van der Waals surface area contributed by atoms with Crippen LogP contribution in [0.3, 0.4) is 0 Å². The van der Waals surface area contributed by atoms with E-state index < -0.39 is 11.6 Å². The molecule has 1 fully saturated rings. The standard InChI is InChI=1S/C29H27N3O/c33-28-16-19-32(22-23(28)20-27-21-30-17-18-31-27)29(24-10-4-1-5-11-24,25-12-6-2-7-13-25)26-14-8-3-9-15-26/h1-15,17-18,20-21,28,33H,16,19,22H2/b23-20+. The van der Waals surface area contributed by atoms with Gasteiger partial charge in [0, 0.05) is 25.5 Å².